The molecular weight excluding hydrogens is 407 g/mol. The second-order valence-corrected chi connectivity index (χ2v) is 9.14. The van der Waals surface area contributed by atoms with E-state index in [1.54, 1.807) is 18.2 Å². The second-order valence-electron chi connectivity index (χ2n) is 6.62. The van der Waals surface area contributed by atoms with Gasteiger partial charge in [0.25, 0.3) is 5.91 Å². The van der Waals surface area contributed by atoms with Gasteiger partial charge in [-0.1, -0.05) is 35.9 Å². The molecule has 0 aliphatic carbocycles. The number of halogens is 2. The number of imide groups is 1. The number of benzene rings is 2. The van der Waals surface area contributed by atoms with Gasteiger partial charge in [0.15, 0.2) is 9.84 Å². The number of sulfone groups is 1. The van der Waals surface area contributed by atoms with Gasteiger partial charge in [-0.3, -0.25) is 9.69 Å². The number of hydrogen-bond acceptors (Lipinski definition) is 4. The summed E-state index contributed by atoms with van der Waals surface area (Å²) in [6.07, 6.45) is 0.0869. The van der Waals surface area contributed by atoms with Gasteiger partial charge in [0.1, 0.15) is 11.4 Å². The van der Waals surface area contributed by atoms with Crippen molar-refractivity contribution in [1.82, 2.24) is 10.2 Å². The van der Waals surface area contributed by atoms with Crippen LogP contribution in [-0.4, -0.2) is 37.6 Å². The van der Waals surface area contributed by atoms with Crippen molar-refractivity contribution < 1.29 is 22.4 Å². The summed E-state index contributed by atoms with van der Waals surface area (Å²) >= 11 is 6.05. The Kier molecular flexibility index (Phi) is 5.45. The highest BCUT2D eigenvalue weighted by atomic mass is 35.5. The predicted molar refractivity (Wildman–Crippen MR) is 102 cm³/mol. The molecule has 1 fully saturated rings. The van der Waals surface area contributed by atoms with Gasteiger partial charge in [0, 0.05) is 17.1 Å². The maximum Gasteiger partial charge on any atom is 0.325 e. The van der Waals surface area contributed by atoms with Gasteiger partial charge in [-0.15, -0.1) is 0 Å². The van der Waals surface area contributed by atoms with Gasteiger partial charge >= 0.3 is 6.03 Å². The summed E-state index contributed by atoms with van der Waals surface area (Å²) < 4.78 is 38.0. The molecule has 2 aromatic rings. The van der Waals surface area contributed by atoms with Crippen LogP contribution in [0.1, 0.15) is 18.9 Å². The minimum absolute atomic E-state index is 0.0182. The fourth-order valence-corrected chi connectivity index (χ4v) is 4.81. The van der Waals surface area contributed by atoms with Crippen molar-refractivity contribution in [2.24, 2.45) is 0 Å². The molecule has 9 heteroatoms. The number of hydrogen-bond donors (Lipinski definition) is 1. The lowest BCUT2D eigenvalue weighted by atomic mass is 9.92. The lowest BCUT2D eigenvalue weighted by molar-refractivity contribution is -0.131. The molecule has 0 spiro atoms. The van der Waals surface area contributed by atoms with Gasteiger partial charge in [-0.2, -0.15) is 0 Å². The van der Waals surface area contributed by atoms with Crippen molar-refractivity contribution in [3.63, 3.8) is 0 Å². The summed E-state index contributed by atoms with van der Waals surface area (Å²) in [5.41, 5.74) is -1.17. The Morgan fingerprint density at radius 2 is 1.82 bits per heavy atom. The smallest absolute Gasteiger partial charge is 0.319 e. The Labute approximate surface area is 167 Å². The van der Waals surface area contributed by atoms with Crippen LogP contribution in [0.4, 0.5) is 9.18 Å². The number of carbonyl (C=O) groups excluding carboxylic acids is 2. The first-order chi connectivity index (χ1) is 13.1. The van der Waals surface area contributed by atoms with Crippen molar-refractivity contribution in [2.45, 2.75) is 23.8 Å². The zero-order valence-corrected chi connectivity index (χ0v) is 16.6. The highest BCUT2D eigenvalue weighted by Crippen LogP contribution is 2.34. The van der Waals surface area contributed by atoms with Gasteiger partial charge in [0.2, 0.25) is 0 Å². The van der Waals surface area contributed by atoms with Crippen LogP contribution < -0.4 is 5.32 Å². The van der Waals surface area contributed by atoms with E-state index in [0.717, 1.165) is 17.0 Å². The second kappa shape index (κ2) is 7.52. The summed E-state index contributed by atoms with van der Waals surface area (Å²) in [6.45, 7) is 1.41. The maximum atomic E-state index is 13.3. The number of nitrogens with one attached hydrogen (secondary N) is 1. The molecule has 1 aliphatic rings. The Balaban J connectivity index is 1.72. The normalized spacial score (nSPS) is 19.8. The molecule has 1 heterocycles. The van der Waals surface area contributed by atoms with Gasteiger partial charge in [-0.25, -0.2) is 17.6 Å². The van der Waals surface area contributed by atoms with Gasteiger partial charge in [0.05, 0.1) is 10.6 Å². The Bertz CT molecular complexity index is 1030. The number of amides is 3. The molecule has 0 aromatic heterocycles. The van der Waals surface area contributed by atoms with E-state index >= 15 is 0 Å². The first-order valence-electron chi connectivity index (χ1n) is 8.52. The molecule has 3 amide bonds. The molecule has 1 saturated heterocycles. The minimum atomic E-state index is -3.51. The quantitative estimate of drug-likeness (QED) is 0.722. The zero-order valence-electron chi connectivity index (χ0n) is 15.0. The van der Waals surface area contributed by atoms with Crippen LogP contribution in [0.15, 0.2) is 53.4 Å². The van der Waals surface area contributed by atoms with Gasteiger partial charge in [-0.05, 0) is 37.6 Å². The lowest BCUT2D eigenvalue weighted by Crippen LogP contribution is -2.41. The van der Waals surface area contributed by atoms with Crippen molar-refractivity contribution in [1.29, 1.82) is 0 Å². The zero-order chi connectivity index (χ0) is 20.5. The van der Waals surface area contributed by atoms with Gasteiger partial charge < -0.3 is 5.32 Å². The molecule has 28 heavy (non-hydrogen) atoms. The molecule has 0 saturated carbocycles. The standard InChI is InChI=1S/C19H18ClFN2O4S/c1-19(15-9-8-13(21)12-16(15)20)17(24)23(18(25)22-19)10-5-11-28(26,27)14-6-3-2-4-7-14/h2-4,6-9,12H,5,10-11H2,1H3,(H,22,25). The Morgan fingerprint density at radius 3 is 2.46 bits per heavy atom. The molecule has 3 rings (SSSR count). The molecule has 0 bridgehead atoms. The predicted octanol–water partition coefficient (Wildman–Crippen LogP) is 3.11. The van der Waals surface area contributed by atoms with Crippen LogP contribution in [0.25, 0.3) is 0 Å². The Hall–Kier alpha value is -2.45. The van der Waals surface area contributed by atoms with Crippen LogP contribution in [0.3, 0.4) is 0 Å². The molecule has 6 nitrogen and oxygen atoms in total. The van der Waals surface area contributed by atoms with Crippen molar-refractivity contribution in [3.8, 4) is 0 Å². The van der Waals surface area contributed by atoms with E-state index in [9.17, 15) is 22.4 Å². The molecule has 1 N–H and O–H groups in total. The molecule has 0 radical (unpaired) electrons. The monoisotopic (exact) mass is 424 g/mol. The molecule has 2 aromatic carbocycles. The molecule has 148 valence electrons. The summed E-state index contributed by atoms with van der Waals surface area (Å²) in [5.74, 6) is -1.33. The third-order valence-corrected chi connectivity index (χ3v) is 6.77. The molecule has 1 aliphatic heterocycles. The van der Waals surface area contributed by atoms with E-state index in [4.69, 9.17) is 11.6 Å². The van der Waals surface area contributed by atoms with Crippen molar-refractivity contribution >= 4 is 33.4 Å². The van der Waals surface area contributed by atoms with Crippen LogP contribution in [-0.2, 0) is 20.2 Å². The maximum absolute atomic E-state index is 13.3. The summed E-state index contributed by atoms with van der Waals surface area (Å²) in [7, 11) is -3.51. The lowest BCUT2D eigenvalue weighted by Gasteiger charge is -2.23. The highest BCUT2D eigenvalue weighted by molar-refractivity contribution is 7.91. The Morgan fingerprint density at radius 1 is 1.14 bits per heavy atom. The number of urea groups is 1. The average Bonchev–Trinajstić information content (AvgIpc) is 2.86. The first kappa shape index (κ1) is 20.3. The van der Waals surface area contributed by atoms with Crippen LogP contribution in [0.2, 0.25) is 5.02 Å². The summed E-state index contributed by atoms with van der Waals surface area (Å²) in [6, 6.07) is 10.9. The fourth-order valence-electron chi connectivity index (χ4n) is 3.14. The van der Waals surface area contributed by atoms with E-state index in [1.807, 2.05) is 0 Å². The average molecular weight is 425 g/mol. The molecule has 1 unspecified atom stereocenters. The van der Waals surface area contributed by atoms with E-state index in [2.05, 4.69) is 5.32 Å². The minimum Gasteiger partial charge on any atom is -0.319 e. The number of carbonyl (C=O) groups is 2. The number of rotatable bonds is 6. The topological polar surface area (TPSA) is 83.6 Å². The molecule has 1 atom stereocenters. The largest absolute Gasteiger partial charge is 0.325 e. The third kappa shape index (κ3) is 3.74. The van der Waals surface area contributed by atoms with Crippen molar-refractivity contribution in [2.75, 3.05) is 12.3 Å². The third-order valence-electron chi connectivity index (χ3n) is 4.64. The van der Waals surface area contributed by atoms with E-state index in [0.29, 0.717) is 0 Å². The van der Waals surface area contributed by atoms with E-state index in [-0.39, 0.29) is 34.2 Å². The van der Waals surface area contributed by atoms with Crippen LogP contribution in [0.5, 0.6) is 0 Å². The highest BCUT2D eigenvalue weighted by Gasteiger charge is 2.49. The molecular formula is C19H18ClFN2O4S. The number of nitrogens with zero attached hydrogens (tertiary/aromatic N) is 1. The van der Waals surface area contributed by atoms with E-state index in [1.165, 1.54) is 25.1 Å². The summed E-state index contributed by atoms with van der Waals surface area (Å²) in [5, 5.41) is 2.59. The SMILES string of the molecule is CC1(c2ccc(F)cc2Cl)NC(=O)N(CCCS(=O)(=O)c2ccccc2)C1=O. The van der Waals surface area contributed by atoms with E-state index < -0.39 is 33.1 Å². The summed E-state index contributed by atoms with van der Waals surface area (Å²) in [4.78, 5) is 26.3. The first-order valence-corrected chi connectivity index (χ1v) is 10.6. The van der Waals surface area contributed by atoms with Crippen LogP contribution in [0, 0.1) is 5.82 Å². The van der Waals surface area contributed by atoms with Crippen LogP contribution >= 0.6 is 11.6 Å². The fraction of sp³-hybridized carbons (Fsp3) is 0.263. The van der Waals surface area contributed by atoms with Crippen molar-refractivity contribution in [3.05, 3.63) is 64.9 Å².